The molecule has 0 spiro atoms. The van der Waals surface area contributed by atoms with Gasteiger partial charge < -0.3 is 4.74 Å². The lowest BCUT2D eigenvalue weighted by Crippen LogP contribution is -2.37. The fourth-order valence-corrected chi connectivity index (χ4v) is 4.46. The number of nitrogens with zero attached hydrogens (tertiary/aromatic N) is 2. The Morgan fingerprint density at radius 2 is 1.96 bits per heavy atom. The molecule has 1 aliphatic rings. The molecule has 1 saturated heterocycles. The smallest absolute Gasteiger partial charge is 0.260 e. The van der Waals surface area contributed by atoms with Gasteiger partial charge >= 0.3 is 0 Å². The third kappa shape index (κ3) is 3.24. The molecule has 4 nitrogen and oxygen atoms in total. The number of hydrogen-bond acceptors (Lipinski definition) is 4. The molecule has 1 amide bonds. The highest BCUT2D eigenvalue weighted by Crippen LogP contribution is 2.34. The average Bonchev–Trinajstić information content (AvgIpc) is 3.33. The van der Waals surface area contributed by atoms with Crippen LogP contribution < -0.4 is 4.90 Å². The lowest BCUT2D eigenvalue weighted by atomic mass is 10.1. The Balaban J connectivity index is 1.76. The Kier molecular flexibility index (Phi) is 4.74. The van der Waals surface area contributed by atoms with E-state index in [1.165, 1.54) is 5.56 Å². The number of ether oxygens (including phenoxy) is 1. The Morgan fingerprint density at radius 3 is 2.65 bits per heavy atom. The highest BCUT2D eigenvalue weighted by atomic mass is 32.1. The molecule has 1 aliphatic heterocycles. The molecule has 5 heteroatoms. The summed E-state index contributed by atoms with van der Waals surface area (Å²) in [5.41, 5.74) is 4.00. The molecule has 26 heavy (non-hydrogen) atoms. The monoisotopic (exact) mass is 366 g/mol. The number of aromatic nitrogens is 1. The fourth-order valence-electron chi connectivity index (χ4n) is 3.34. The first-order chi connectivity index (χ1) is 12.6. The van der Waals surface area contributed by atoms with Gasteiger partial charge in [-0.25, -0.2) is 4.98 Å². The van der Waals surface area contributed by atoms with Gasteiger partial charge in [-0.15, -0.1) is 0 Å². The van der Waals surface area contributed by atoms with Crippen molar-refractivity contribution < 1.29 is 9.53 Å². The van der Waals surface area contributed by atoms with Crippen LogP contribution in [0.1, 0.15) is 34.3 Å². The molecule has 134 valence electrons. The van der Waals surface area contributed by atoms with Crippen LogP contribution in [0.4, 0.5) is 5.13 Å². The van der Waals surface area contributed by atoms with Gasteiger partial charge in [0.1, 0.15) is 0 Å². The van der Waals surface area contributed by atoms with Gasteiger partial charge in [0.2, 0.25) is 0 Å². The number of aryl methyl sites for hydroxylation is 2. The molecule has 4 rings (SSSR count). The summed E-state index contributed by atoms with van der Waals surface area (Å²) in [6, 6.07) is 13.6. The molecule has 3 aromatic rings. The van der Waals surface area contributed by atoms with Crippen LogP contribution in [-0.2, 0) is 4.74 Å². The number of carbonyl (C=O) groups excluding carboxylic acids is 1. The summed E-state index contributed by atoms with van der Waals surface area (Å²) in [7, 11) is 0. The van der Waals surface area contributed by atoms with Crippen molar-refractivity contribution in [1.29, 1.82) is 0 Å². The van der Waals surface area contributed by atoms with Gasteiger partial charge in [-0.3, -0.25) is 9.69 Å². The molecule has 1 fully saturated rings. The summed E-state index contributed by atoms with van der Waals surface area (Å²) in [4.78, 5) is 19.8. The summed E-state index contributed by atoms with van der Waals surface area (Å²) >= 11 is 1.59. The molecule has 0 radical (unpaired) electrons. The minimum Gasteiger partial charge on any atom is -0.376 e. The van der Waals surface area contributed by atoms with E-state index >= 15 is 0 Å². The molecule has 1 unspecified atom stereocenters. The second-order valence-electron chi connectivity index (χ2n) is 6.79. The van der Waals surface area contributed by atoms with E-state index in [0.29, 0.717) is 12.1 Å². The molecular weight excluding hydrogens is 344 g/mol. The van der Waals surface area contributed by atoms with Crippen LogP contribution in [0, 0.1) is 13.8 Å². The zero-order valence-corrected chi connectivity index (χ0v) is 15.9. The highest BCUT2D eigenvalue weighted by Gasteiger charge is 2.27. The zero-order chi connectivity index (χ0) is 18.1. The molecular formula is C21H22N2O2S. The maximum absolute atomic E-state index is 13.2. The predicted octanol–water partition coefficient (Wildman–Crippen LogP) is 4.74. The van der Waals surface area contributed by atoms with Crippen LogP contribution in [0.25, 0.3) is 10.2 Å². The molecule has 0 bridgehead atoms. The van der Waals surface area contributed by atoms with E-state index < -0.39 is 0 Å². The third-order valence-electron chi connectivity index (χ3n) is 4.84. The molecule has 1 aromatic heterocycles. The maximum Gasteiger partial charge on any atom is 0.260 e. The van der Waals surface area contributed by atoms with Gasteiger partial charge in [-0.05, 0) is 49.9 Å². The molecule has 0 aliphatic carbocycles. The number of hydrogen-bond donors (Lipinski definition) is 0. The average molecular weight is 366 g/mol. The number of thiazole rings is 1. The van der Waals surface area contributed by atoms with Crippen molar-refractivity contribution in [2.24, 2.45) is 0 Å². The topological polar surface area (TPSA) is 42.4 Å². The van der Waals surface area contributed by atoms with Crippen molar-refractivity contribution in [3.8, 4) is 0 Å². The van der Waals surface area contributed by atoms with E-state index in [1.54, 1.807) is 16.2 Å². The first kappa shape index (κ1) is 17.2. The van der Waals surface area contributed by atoms with Crippen molar-refractivity contribution in [3.05, 3.63) is 59.2 Å². The van der Waals surface area contributed by atoms with Crippen LogP contribution in [0.3, 0.4) is 0 Å². The minimum atomic E-state index is -0.0181. The number of benzene rings is 2. The minimum absolute atomic E-state index is 0.0181. The van der Waals surface area contributed by atoms with E-state index in [4.69, 9.17) is 9.72 Å². The second-order valence-corrected chi connectivity index (χ2v) is 7.77. The third-order valence-corrected chi connectivity index (χ3v) is 6.05. The van der Waals surface area contributed by atoms with Gasteiger partial charge in [0, 0.05) is 12.2 Å². The lowest BCUT2D eigenvalue weighted by Gasteiger charge is -2.23. The maximum atomic E-state index is 13.2. The first-order valence-electron chi connectivity index (χ1n) is 8.99. The van der Waals surface area contributed by atoms with Crippen molar-refractivity contribution in [1.82, 2.24) is 4.98 Å². The van der Waals surface area contributed by atoms with Crippen molar-refractivity contribution in [2.45, 2.75) is 32.8 Å². The van der Waals surface area contributed by atoms with E-state index in [2.05, 4.69) is 26.0 Å². The highest BCUT2D eigenvalue weighted by molar-refractivity contribution is 7.22. The van der Waals surface area contributed by atoms with Gasteiger partial charge in [-0.2, -0.15) is 0 Å². The standard InChI is InChI=1S/C21H22N2O2S/c1-14-10-11-15(2)19-18(14)22-21(26-19)23(13-17-9-6-12-25-17)20(24)16-7-4-3-5-8-16/h3-5,7-8,10-11,17H,6,9,12-13H2,1-2H3. The van der Waals surface area contributed by atoms with Crippen molar-refractivity contribution in [3.63, 3.8) is 0 Å². The van der Waals surface area contributed by atoms with Gasteiger partial charge in [0.25, 0.3) is 5.91 Å². The van der Waals surface area contributed by atoms with Gasteiger partial charge in [-0.1, -0.05) is 41.7 Å². The molecule has 2 heterocycles. The summed E-state index contributed by atoms with van der Waals surface area (Å²) in [6.45, 7) is 5.48. The Labute approximate surface area is 157 Å². The number of amides is 1. The Morgan fingerprint density at radius 1 is 1.19 bits per heavy atom. The van der Waals surface area contributed by atoms with E-state index in [0.717, 1.165) is 40.4 Å². The number of fused-ring (bicyclic) bond motifs is 1. The largest absolute Gasteiger partial charge is 0.376 e. The van der Waals surface area contributed by atoms with E-state index in [-0.39, 0.29) is 12.0 Å². The van der Waals surface area contributed by atoms with Crippen LogP contribution in [0.5, 0.6) is 0 Å². The van der Waals surface area contributed by atoms with Crippen LogP contribution in [0.2, 0.25) is 0 Å². The van der Waals surface area contributed by atoms with Crippen molar-refractivity contribution >= 4 is 32.6 Å². The number of carbonyl (C=O) groups is 1. The summed E-state index contributed by atoms with van der Waals surface area (Å²) in [6.07, 6.45) is 2.12. The van der Waals surface area contributed by atoms with Crippen molar-refractivity contribution in [2.75, 3.05) is 18.1 Å². The molecule has 2 aromatic carbocycles. The van der Waals surface area contributed by atoms with Crippen LogP contribution >= 0.6 is 11.3 Å². The second kappa shape index (κ2) is 7.17. The summed E-state index contributed by atoms with van der Waals surface area (Å²) in [5.74, 6) is -0.0181. The summed E-state index contributed by atoms with van der Waals surface area (Å²) < 4.78 is 6.95. The first-order valence-corrected chi connectivity index (χ1v) is 9.80. The zero-order valence-electron chi connectivity index (χ0n) is 15.1. The molecule has 1 atom stereocenters. The van der Waals surface area contributed by atoms with Crippen LogP contribution in [0.15, 0.2) is 42.5 Å². The quantitative estimate of drug-likeness (QED) is 0.670. The number of anilines is 1. The van der Waals surface area contributed by atoms with E-state index in [1.807, 2.05) is 30.3 Å². The molecule has 0 N–H and O–H groups in total. The SMILES string of the molecule is Cc1ccc(C)c2sc(N(CC3CCCO3)C(=O)c3ccccc3)nc12. The normalized spacial score (nSPS) is 16.9. The van der Waals surface area contributed by atoms with Crippen LogP contribution in [-0.4, -0.2) is 30.1 Å². The van der Waals surface area contributed by atoms with E-state index in [9.17, 15) is 4.79 Å². The predicted molar refractivity (Wildman–Crippen MR) is 106 cm³/mol. The summed E-state index contributed by atoms with van der Waals surface area (Å²) in [5, 5.41) is 0.752. The number of rotatable bonds is 4. The van der Waals surface area contributed by atoms with Gasteiger partial charge in [0.15, 0.2) is 5.13 Å². The molecule has 0 saturated carbocycles. The van der Waals surface area contributed by atoms with Gasteiger partial charge in [0.05, 0.1) is 22.9 Å². The fraction of sp³-hybridized carbons (Fsp3) is 0.333. The Bertz CT molecular complexity index is 891. The lowest BCUT2D eigenvalue weighted by molar-refractivity contribution is 0.0917. The Hall–Kier alpha value is -2.24.